The molecular weight excluding hydrogens is 258 g/mol. The van der Waals surface area contributed by atoms with Gasteiger partial charge in [-0.3, -0.25) is 4.90 Å². The van der Waals surface area contributed by atoms with Crippen molar-refractivity contribution in [3.05, 3.63) is 12.2 Å². The van der Waals surface area contributed by atoms with Crippen LogP contribution in [-0.4, -0.2) is 49.8 Å². The number of thioether (sulfide) groups is 1. The van der Waals surface area contributed by atoms with Gasteiger partial charge in [-0.1, -0.05) is 13.8 Å². The maximum Gasteiger partial charge on any atom is 0.147 e. The molecule has 0 bridgehead atoms. The van der Waals surface area contributed by atoms with E-state index in [0.717, 1.165) is 37.8 Å². The molecule has 5 nitrogen and oxygen atoms in total. The van der Waals surface area contributed by atoms with Crippen molar-refractivity contribution in [3.8, 4) is 0 Å². The van der Waals surface area contributed by atoms with E-state index < -0.39 is 0 Å². The van der Waals surface area contributed by atoms with Crippen molar-refractivity contribution in [2.75, 3.05) is 24.6 Å². The number of hydrogen-bond donors (Lipinski definition) is 1. The molecule has 1 saturated heterocycles. The summed E-state index contributed by atoms with van der Waals surface area (Å²) in [4.78, 5) is 2.56. The van der Waals surface area contributed by atoms with Crippen LogP contribution in [0.3, 0.4) is 0 Å². The Morgan fingerprint density at radius 1 is 1.42 bits per heavy atom. The number of aromatic nitrogens is 3. The lowest BCUT2D eigenvalue weighted by atomic mass is 9.69. The van der Waals surface area contributed by atoms with E-state index in [1.54, 1.807) is 0 Å². The van der Waals surface area contributed by atoms with Gasteiger partial charge in [0.05, 0.1) is 6.54 Å². The summed E-state index contributed by atoms with van der Waals surface area (Å²) in [7, 11) is 0. The zero-order valence-electron chi connectivity index (χ0n) is 11.8. The topological polar surface area (TPSA) is 60.0 Å². The zero-order valence-corrected chi connectivity index (χ0v) is 12.6. The average Bonchev–Trinajstić information content (AvgIpc) is 2.86. The smallest absolute Gasteiger partial charge is 0.147 e. The van der Waals surface area contributed by atoms with Gasteiger partial charge in [0.25, 0.3) is 0 Å². The molecule has 106 valence electrons. The molecule has 2 aliphatic rings. The van der Waals surface area contributed by atoms with Crippen molar-refractivity contribution >= 4 is 11.8 Å². The standard InChI is InChI=1S/C13H23N5S/c1-12(2)3-6-19-9-13(12,8-14)18-5-4-17-10-15-16-11(17)7-18/h10H,3-9,14H2,1-2H3. The third-order valence-electron chi connectivity index (χ3n) is 5.05. The fourth-order valence-corrected chi connectivity index (χ4v) is 5.24. The number of nitrogens with two attached hydrogens (primary N) is 1. The van der Waals surface area contributed by atoms with Gasteiger partial charge in [-0.15, -0.1) is 10.2 Å². The Kier molecular flexibility index (Phi) is 3.35. The predicted octanol–water partition coefficient (Wildman–Crippen LogP) is 0.954. The maximum absolute atomic E-state index is 6.24. The van der Waals surface area contributed by atoms with E-state index in [-0.39, 0.29) is 11.0 Å². The van der Waals surface area contributed by atoms with Crippen LogP contribution in [-0.2, 0) is 13.1 Å². The van der Waals surface area contributed by atoms with Gasteiger partial charge in [-0.25, -0.2) is 0 Å². The summed E-state index contributed by atoms with van der Waals surface area (Å²) in [5.74, 6) is 3.45. The highest BCUT2D eigenvalue weighted by Gasteiger charge is 2.50. The monoisotopic (exact) mass is 281 g/mol. The van der Waals surface area contributed by atoms with Crippen LogP contribution in [0.4, 0.5) is 0 Å². The van der Waals surface area contributed by atoms with E-state index in [2.05, 4.69) is 33.5 Å². The molecule has 2 aliphatic heterocycles. The summed E-state index contributed by atoms with van der Waals surface area (Å²) in [6.45, 7) is 8.37. The Morgan fingerprint density at radius 3 is 3.00 bits per heavy atom. The molecule has 2 N–H and O–H groups in total. The minimum absolute atomic E-state index is 0.0904. The van der Waals surface area contributed by atoms with Crippen LogP contribution in [0.15, 0.2) is 6.33 Å². The molecule has 6 heteroatoms. The SMILES string of the molecule is CC1(C)CCSCC1(CN)N1CCn2cnnc2C1. The molecule has 0 saturated carbocycles. The molecule has 1 fully saturated rings. The zero-order chi connectivity index (χ0) is 13.5. The van der Waals surface area contributed by atoms with Crippen LogP contribution in [0.1, 0.15) is 26.1 Å². The van der Waals surface area contributed by atoms with Gasteiger partial charge >= 0.3 is 0 Å². The minimum atomic E-state index is 0.0904. The van der Waals surface area contributed by atoms with Crippen LogP contribution in [0.2, 0.25) is 0 Å². The van der Waals surface area contributed by atoms with Crippen LogP contribution >= 0.6 is 11.8 Å². The summed E-state index contributed by atoms with van der Waals surface area (Å²) in [5.41, 5.74) is 6.59. The Labute approximate surface area is 118 Å². The highest BCUT2D eigenvalue weighted by Crippen LogP contribution is 2.46. The van der Waals surface area contributed by atoms with E-state index >= 15 is 0 Å². The molecule has 19 heavy (non-hydrogen) atoms. The minimum Gasteiger partial charge on any atom is -0.329 e. The van der Waals surface area contributed by atoms with E-state index in [0.29, 0.717) is 0 Å². The lowest BCUT2D eigenvalue weighted by molar-refractivity contribution is -0.0172. The predicted molar refractivity (Wildman–Crippen MR) is 77.9 cm³/mol. The summed E-state index contributed by atoms with van der Waals surface area (Å²) in [5, 5.41) is 8.26. The van der Waals surface area contributed by atoms with Crippen molar-refractivity contribution in [1.29, 1.82) is 0 Å². The van der Waals surface area contributed by atoms with Gasteiger partial charge in [0, 0.05) is 30.9 Å². The largest absolute Gasteiger partial charge is 0.329 e. The molecule has 3 rings (SSSR count). The van der Waals surface area contributed by atoms with Crippen molar-refractivity contribution in [2.45, 2.75) is 38.9 Å². The highest BCUT2D eigenvalue weighted by atomic mass is 32.2. The number of fused-ring (bicyclic) bond motifs is 1. The van der Waals surface area contributed by atoms with Crippen LogP contribution in [0, 0.1) is 5.41 Å². The highest BCUT2D eigenvalue weighted by molar-refractivity contribution is 7.99. The van der Waals surface area contributed by atoms with Gasteiger partial charge in [-0.05, 0) is 17.6 Å². The summed E-state index contributed by atoms with van der Waals surface area (Å²) >= 11 is 2.04. The Morgan fingerprint density at radius 2 is 2.26 bits per heavy atom. The number of hydrogen-bond acceptors (Lipinski definition) is 5. The van der Waals surface area contributed by atoms with Gasteiger partial charge in [0.15, 0.2) is 0 Å². The quantitative estimate of drug-likeness (QED) is 0.875. The van der Waals surface area contributed by atoms with E-state index in [1.165, 1.54) is 12.2 Å². The van der Waals surface area contributed by atoms with E-state index in [1.807, 2.05) is 18.1 Å². The molecule has 3 heterocycles. The fourth-order valence-electron chi connectivity index (χ4n) is 3.41. The van der Waals surface area contributed by atoms with Crippen LogP contribution in [0.25, 0.3) is 0 Å². The van der Waals surface area contributed by atoms with Crippen molar-refractivity contribution in [2.24, 2.45) is 11.1 Å². The first-order valence-corrected chi connectivity index (χ1v) is 8.14. The first-order chi connectivity index (χ1) is 9.09. The van der Waals surface area contributed by atoms with Crippen LogP contribution in [0.5, 0.6) is 0 Å². The van der Waals surface area contributed by atoms with Gasteiger partial charge in [0.2, 0.25) is 0 Å². The molecule has 0 amide bonds. The maximum atomic E-state index is 6.24. The van der Waals surface area contributed by atoms with E-state index in [4.69, 9.17) is 5.73 Å². The molecule has 0 spiro atoms. The second-order valence-corrected chi connectivity index (χ2v) is 7.39. The van der Waals surface area contributed by atoms with Crippen molar-refractivity contribution in [3.63, 3.8) is 0 Å². The van der Waals surface area contributed by atoms with Gasteiger partial charge < -0.3 is 10.3 Å². The summed E-state index contributed by atoms with van der Waals surface area (Å²) in [6.07, 6.45) is 3.07. The Bertz CT molecular complexity index is 458. The molecule has 1 atom stereocenters. The molecule has 0 aliphatic carbocycles. The second-order valence-electron chi connectivity index (χ2n) is 6.28. The van der Waals surface area contributed by atoms with Crippen molar-refractivity contribution in [1.82, 2.24) is 19.7 Å². The molecule has 1 aromatic heterocycles. The van der Waals surface area contributed by atoms with E-state index in [9.17, 15) is 0 Å². The van der Waals surface area contributed by atoms with Crippen molar-refractivity contribution < 1.29 is 0 Å². The molecule has 0 aromatic carbocycles. The summed E-state index contributed by atoms with van der Waals surface area (Å²) in [6, 6.07) is 0. The van der Waals surface area contributed by atoms with Crippen LogP contribution < -0.4 is 5.73 Å². The normalized spacial score (nSPS) is 31.1. The Balaban J connectivity index is 1.90. The third kappa shape index (κ3) is 2.00. The molecule has 1 unspecified atom stereocenters. The summed E-state index contributed by atoms with van der Waals surface area (Å²) < 4.78 is 2.16. The average molecular weight is 281 g/mol. The molecule has 0 radical (unpaired) electrons. The Hall–Kier alpha value is -0.590. The number of nitrogens with zero attached hydrogens (tertiary/aromatic N) is 4. The molecule has 1 aromatic rings. The van der Waals surface area contributed by atoms with Gasteiger partial charge in [-0.2, -0.15) is 11.8 Å². The first-order valence-electron chi connectivity index (χ1n) is 6.99. The lowest BCUT2D eigenvalue weighted by Gasteiger charge is -2.56. The third-order valence-corrected chi connectivity index (χ3v) is 6.23. The first kappa shape index (κ1) is 13.4. The lowest BCUT2D eigenvalue weighted by Crippen LogP contribution is -2.66. The second kappa shape index (κ2) is 4.75. The molecular formula is C13H23N5S. The fraction of sp³-hybridized carbons (Fsp3) is 0.846. The number of rotatable bonds is 2. The van der Waals surface area contributed by atoms with Gasteiger partial charge in [0.1, 0.15) is 12.2 Å².